The monoisotopic (exact) mass is 388 g/mol. The first-order valence-corrected chi connectivity index (χ1v) is 10.1. The number of aryl methyl sites for hydroxylation is 1. The Labute approximate surface area is 157 Å². The van der Waals surface area contributed by atoms with Crippen molar-refractivity contribution in [3.8, 4) is 0 Å². The van der Waals surface area contributed by atoms with Crippen LogP contribution in [0, 0.1) is 0 Å². The maximum absolute atomic E-state index is 12.3. The minimum absolute atomic E-state index is 0.00694. The molecule has 0 radical (unpaired) electrons. The average molecular weight is 388 g/mol. The predicted molar refractivity (Wildman–Crippen MR) is 99.9 cm³/mol. The molecule has 1 fully saturated rings. The number of carbonyl (C=O) groups is 2. The number of ether oxygens (including phenoxy) is 1. The van der Waals surface area contributed by atoms with Crippen LogP contribution in [0.4, 0.5) is 5.69 Å². The number of cyclic esters (lactones) is 1. The smallest absolute Gasteiger partial charge is 0.324 e. The molecule has 0 aromatic heterocycles. The van der Waals surface area contributed by atoms with Gasteiger partial charge in [0.2, 0.25) is 10.0 Å². The van der Waals surface area contributed by atoms with Gasteiger partial charge < -0.3 is 10.1 Å². The second-order valence-electron chi connectivity index (χ2n) is 6.16. The van der Waals surface area contributed by atoms with Crippen LogP contribution >= 0.6 is 0 Å². The number of hydrogen-bond donors (Lipinski definition) is 2. The lowest BCUT2D eigenvalue weighted by molar-refractivity contribution is -0.139. The highest BCUT2D eigenvalue weighted by Crippen LogP contribution is 2.17. The van der Waals surface area contributed by atoms with E-state index < -0.39 is 22.0 Å². The molecule has 0 saturated carbocycles. The van der Waals surface area contributed by atoms with E-state index in [-0.39, 0.29) is 17.4 Å². The number of hydrogen-bond acceptors (Lipinski definition) is 5. The summed E-state index contributed by atoms with van der Waals surface area (Å²) in [6, 6.07) is 12.2. The lowest BCUT2D eigenvalue weighted by Crippen LogP contribution is -2.37. The predicted octanol–water partition coefficient (Wildman–Crippen LogP) is 2.10. The Kier molecular flexibility index (Phi) is 5.57. The number of amides is 1. The molecular formula is C19H20N2O5S. The molecule has 1 saturated heterocycles. The van der Waals surface area contributed by atoms with E-state index in [1.165, 1.54) is 24.3 Å². The Morgan fingerprint density at radius 3 is 2.33 bits per heavy atom. The quantitative estimate of drug-likeness (QED) is 0.738. The molecule has 0 spiro atoms. The summed E-state index contributed by atoms with van der Waals surface area (Å²) in [5, 5.41) is 2.73. The molecule has 3 rings (SSSR count). The maximum Gasteiger partial charge on any atom is 0.324 e. The van der Waals surface area contributed by atoms with Crippen molar-refractivity contribution in [1.82, 2.24) is 4.72 Å². The number of carbonyl (C=O) groups excluding carboxylic acids is 2. The fourth-order valence-electron chi connectivity index (χ4n) is 2.67. The molecule has 27 heavy (non-hydrogen) atoms. The summed E-state index contributed by atoms with van der Waals surface area (Å²) in [5.41, 5.74) is 2.13. The topological polar surface area (TPSA) is 102 Å². The van der Waals surface area contributed by atoms with Gasteiger partial charge in [-0.25, -0.2) is 8.42 Å². The molecule has 2 aromatic carbocycles. The van der Waals surface area contributed by atoms with E-state index >= 15 is 0 Å². The normalized spacial score (nSPS) is 16.8. The highest BCUT2D eigenvalue weighted by molar-refractivity contribution is 7.89. The number of esters is 1. The van der Waals surface area contributed by atoms with Crippen molar-refractivity contribution in [2.45, 2.75) is 30.7 Å². The zero-order valence-corrected chi connectivity index (χ0v) is 15.6. The highest BCUT2D eigenvalue weighted by Gasteiger charge is 2.31. The summed E-state index contributed by atoms with van der Waals surface area (Å²) >= 11 is 0. The van der Waals surface area contributed by atoms with Crippen LogP contribution in [0.2, 0.25) is 0 Å². The second-order valence-corrected chi connectivity index (χ2v) is 7.87. The molecule has 1 heterocycles. The molecule has 2 aromatic rings. The molecular weight excluding hydrogens is 368 g/mol. The van der Waals surface area contributed by atoms with Gasteiger partial charge in [0.05, 0.1) is 11.5 Å². The Morgan fingerprint density at radius 1 is 1.11 bits per heavy atom. The Hall–Kier alpha value is -2.71. The first-order chi connectivity index (χ1) is 12.9. The van der Waals surface area contributed by atoms with Crippen LogP contribution in [0.25, 0.3) is 0 Å². The van der Waals surface area contributed by atoms with Crippen molar-refractivity contribution < 1.29 is 22.7 Å². The van der Waals surface area contributed by atoms with Crippen LogP contribution in [0.15, 0.2) is 53.4 Å². The Bertz CT molecular complexity index is 937. The van der Waals surface area contributed by atoms with Crippen molar-refractivity contribution in [1.29, 1.82) is 0 Å². The van der Waals surface area contributed by atoms with E-state index in [1.54, 1.807) is 12.1 Å². The van der Waals surface area contributed by atoms with Gasteiger partial charge in [-0.15, -0.1) is 0 Å². The van der Waals surface area contributed by atoms with E-state index in [2.05, 4.69) is 10.0 Å². The molecule has 8 heteroatoms. The van der Waals surface area contributed by atoms with Gasteiger partial charge in [-0.1, -0.05) is 19.1 Å². The van der Waals surface area contributed by atoms with E-state index in [0.717, 1.165) is 12.0 Å². The van der Waals surface area contributed by atoms with Gasteiger partial charge in [0.1, 0.15) is 6.04 Å². The van der Waals surface area contributed by atoms with Crippen molar-refractivity contribution in [2.75, 3.05) is 11.9 Å². The minimum atomic E-state index is -3.85. The summed E-state index contributed by atoms with van der Waals surface area (Å²) in [4.78, 5) is 23.7. The van der Waals surface area contributed by atoms with Gasteiger partial charge in [-0.3, -0.25) is 9.59 Å². The Morgan fingerprint density at radius 2 is 1.78 bits per heavy atom. The first-order valence-electron chi connectivity index (χ1n) is 8.58. The Balaban J connectivity index is 1.67. The fourth-order valence-corrected chi connectivity index (χ4v) is 3.89. The number of nitrogens with one attached hydrogen (secondary N) is 2. The van der Waals surface area contributed by atoms with Crippen LogP contribution in [0.1, 0.15) is 29.3 Å². The largest absolute Gasteiger partial charge is 0.464 e. The van der Waals surface area contributed by atoms with Crippen molar-refractivity contribution in [2.24, 2.45) is 0 Å². The number of anilines is 1. The summed E-state index contributed by atoms with van der Waals surface area (Å²) in [6.45, 7) is 2.24. The summed E-state index contributed by atoms with van der Waals surface area (Å²) in [7, 11) is -3.85. The lowest BCUT2D eigenvalue weighted by Gasteiger charge is -2.11. The van der Waals surface area contributed by atoms with Gasteiger partial charge in [-0.2, -0.15) is 4.72 Å². The van der Waals surface area contributed by atoms with E-state index in [0.29, 0.717) is 17.7 Å². The molecule has 1 atom stereocenters. The fraction of sp³-hybridized carbons (Fsp3) is 0.263. The third kappa shape index (κ3) is 4.53. The van der Waals surface area contributed by atoms with Gasteiger partial charge in [-0.05, 0) is 48.4 Å². The minimum Gasteiger partial charge on any atom is -0.464 e. The van der Waals surface area contributed by atoms with Gasteiger partial charge in [0.15, 0.2) is 0 Å². The lowest BCUT2D eigenvalue weighted by atomic mass is 10.1. The van der Waals surface area contributed by atoms with Crippen LogP contribution in [-0.4, -0.2) is 32.9 Å². The number of sulfonamides is 1. The molecule has 142 valence electrons. The van der Waals surface area contributed by atoms with Crippen molar-refractivity contribution in [3.63, 3.8) is 0 Å². The molecule has 1 amide bonds. The summed E-state index contributed by atoms with van der Waals surface area (Å²) in [6.07, 6.45) is 1.20. The van der Waals surface area contributed by atoms with Crippen LogP contribution in [0.3, 0.4) is 0 Å². The van der Waals surface area contributed by atoms with Crippen molar-refractivity contribution >= 4 is 27.6 Å². The number of rotatable bonds is 6. The summed E-state index contributed by atoms with van der Waals surface area (Å²) < 4.78 is 31.8. The summed E-state index contributed by atoms with van der Waals surface area (Å²) in [5.74, 6) is -0.850. The molecule has 1 aliphatic heterocycles. The van der Waals surface area contributed by atoms with Gasteiger partial charge >= 0.3 is 5.97 Å². The third-order valence-corrected chi connectivity index (χ3v) is 5.77. The molecule has 0 aliphatic carbocycles. The number of benzene rings is 2. The van der Waals surface area contributed by atoms with Gasteiger partial charge in [0.25, 0.3) is 5.91 Å². The maximum atomic E-state index is 12.3. The van der Waals surface area contributed by atoms with Crippen LogP contribution in [-0.2, 0) is 26.0 Å². The van der Waals surface area contributed by atoms with Gasteiger partial charge in [0, 0.05) is 17.7 Å². The zero-order valence-electron chi connectivity index (χ0n) is 14.8. The van der Waals surface area contributed by atoms with E-state index in [1.807, 2.05) is 19.1 Å². The van der Waals surface area contributed by atoms with E-state index in [4.69, 9.17) is 4.74 Å². The molecule has 7 nitrogen and oxygen atoms in total. The molecule has 1 unspecified atom stereocenters. The highest BCUT2D eigenvalue weighted by atomic mass is 32.2. The molecule has 0 bridgehead atoms. The molecule has 2 N–H and O–H groups in total. The van der Waals surface area contributed by atoms with Crippen LogP contribution in [0.5, 0.6) is 0 Å². The SMILES string of the molecule is CCc1ccc(C(=O)Nc2ccc(S(=O)(=O)NC3CCOC3=O)cc2)cc1. The third-order valence-electron chi connectivity index (χ3n) is 4.28. The zero-order chi connectivity index (χ0) is 19.4. The first kappa shape index (κ1) is 19.1. The molecule has 1 aliphatic rings. The average Bonchev–Trinajstić information content (AvgIpc) is 3.06. The second kappa shape index (κ2) is 7.89. The van der Waals surface area contributed by atoms with Crippen LogP contribution < -0.4 is 10.0 Å². The van der Waals surface area contributed by atoms with Crippen molar-refractivity contribution in [3.05, 3.63) is 59.7 Å². The van der Waals surface area contributed by atoms with E-state index in [9.17, 15) is 18.0 Å². The standard InChI is InChI=1S/C19H20N2O5S/c1-2-13-3-5-14(6-4-13)18(22)20-15-7-9-16(10-8-15)27(24,25)21-17-11-12-26-19(17)23/h3-10,17,21H,2,11-12H2,1H3,(H,20,22).